The van der Waals surface area contributed by atoms with Crippen LogP contribution in [0.2, 0.25) is 0 Å². The molecule has 2 rings (SSSR count). The Bertz CT molecular complexity index is 506. The molecule has 0 N–H and O–H groups in total. The fourth-order valence-electron chi connectivity index (χ4n) is 2.13. The molecule has 0 saturated carbocycles. The summed E-state index contributed by atoms with van der Waals surface area (Å²) in [6.45, 7) is 3.84. The van der Waals surface area contributed by atoms with Crippen molar-refractivity contribution in [1.82, 2.24) is 0 Å². The van der Waals surface area contributed by atoms with Crippen molar-refractivity contribution >= 4 is 21.6 Å². The lowest BCUT2D eigenvalue weighted by Gasteiger charge is -2.14. The van der Waals surface area contributed by atoms with Crippen molar-refractivity contribution in [3.05, 3.63) is 42.5 Å². The number of hydrogen-bond acceptors (Lipinski definition) is 3. The molecule has 1 fully saturated rings. The Morgan fingerprint density at radius 3 is 2.72 bits per heavy atom. The van der Waals surface area contributed by atoms with E-state index < -0.39 is 9.84 Å². The summed E-state index contributed by atoms with van der Waals surface area (Å²) < 4.78 is 24.3. The fourth-order valence-corrected chi connectivity index (χ4v) is 5.53. The molecular formula is C14H18O2S2. The van der Waals surface area contributed by atoms with Crippen LogP contribution in [0, 0.1) is 0 Å². The molecule has 1 heterocycles. The lowest BCUT2D eigenvalue weighted by molar-refractivity contribution is 0.583. The highest BCUT2D eigenvalue weighted by Crippen LogP contribution is 2.27. The van der Waals surface area contributed by atoms with Crippen LogP contribution in [0.1, 0.15) is 19.3 Å². The maximum absolute atomic E-state index is 12.2. The molecule has 1 aromatic carbocycles. The quantitative estimate of drug-likeness (QED) is 0.630. The second-order valence-electron chi connectivity index (χ2n) is 4.70. The maximum atomic E-state index is 12.2. The van der Waals surface area contributed by atoms with Crippen molar-refractivity contribution in [2.75, 3.05) is 11.5 Å². The topological polar surface area (TPSA) is 34.1 Å². The molecule has 0 aliphatic carbocycles. The molecule has 1 unspecified atom stereocenters. The summed E-state index contributed by atoms with van der Waals surface area (Å²) in [5.74, 6) is 0.826. The Labute approximate surface area is 113 Å². The Kier molecular flexibility index (Phi) is 4.51. The van der Waals surface area contributed by atoms with E-state index in [1.54, 1.807) is 11.8 Å². The van der Waals surface area contributed by atoms with Gasteiger partial charge >= 0.3 is 0 Å². The summed E-state index contributed by atoms with van der Waals surface area (Å²) in [6.07, 6.45) is 2.56. The molecule has 98 valence electrons. The van der Waals surface area contributed by atoms with Gasteiger partial charge in [-0.05, 0) is 31.4 Å². The summed E-state index contributed by atoms with van der Waals surface area (Å²) in [5.41, 5.74) is 0.863. The van der Waals surface area contributed by atoms with E-state index in [4.69, 9.17) is 0 Å². The molecule has 0 radical (unpaired) electrons. The van der Waals surface area contributed by atoms with E-state index in [9.17, 15) is 8.42 Å². The summed E-state index contributed by atoms with van der Waals surface area (Å²) in [4.78, 5) is 1.13. The number of hydrogen-bond donors (Lipinski definition) is 0. The summed E-state index contributed by atoms with van der Waals surface area (Å²) in [5, 5.41) is -0.220. The third kappa shape index (κ3) is 3.62. The fraction of sp³-hybridized carbons (Fsp3) is 0.429. The van der Waals surface area contributed by atoms with Gasteiger partial charge in [0.2, 0.25) is 0 Å². The predicted molar refractivity (Wildman–Crippen MR) is 77.7 cm³/mol. The highest BCUT2D eigenvalue weighted by molar-refractivity contribution is 8.01. The number of rotatable bonds is 3. The predicted octanol–water partition coefficient (Wildman–Crippen LogP) is 3.30. The van der Waals surface area contributed by atoms with E-state index in [2.05, 4.69) is 6.58 Å². The Hall–Kier alpha value is -0.740. The van der Waals surface area contributed by atoms with E-state index >= 15 is 0 Å². The first-order chi connectivity index (χ1) is 8.58. The van der Waals surface area contributed by atoms with Gasteiger partial charge in [0.25, 0.3) is 0 Å². The van der Waals surface area contributed by atoms with Gasteiger partial charge < -0.3 is 0 Å². The lowest BCUT2D eigenvalue weighted by atomic mass is 10.1. The normalized spacial score (nSPS) is 23.6. The van der Waals surface area contributed by atoms with Crippen molar-refractivity contribution in [2.24, 2.45) is 0 Å². The highest BCUT2D eigenvalue weighted by atomic mass is 32.2. The Morgan fingerprint density at radius 1 is 1.28 bits per heavy atom. The monoisotopic (exact) mass is 282 g/mol. The van der Waals surface area contributed by atoms with Crippen LogP contribution in [-0.4, -0.2) is 25.2 Å². The summed E-state index contributed by atoms with van der Waals surface area (Å²) in [7, 11) is -3.00. The zero-order valence-electron chi connectivity index (χ0n) is 10.3. The van der Waals surface area contributed by atoms with Crippen LogP contribution in [0.3, 0.4) is 0 Å². The van der Waals surface area contributed by atoms with E-state index in [0.29, 0.717) is 5.75 Å². The van der Waals surface area contributed by atoms with Gasteiger partial charge in [0.05, 0.1) is 11.0 Å². The van der Waals surface area contributed by atoms with Gasteiger partial charge in [-0.2, -0.15) is 0 Å². The summed E-state index contributed by atoms with van der Waals surface area (Å²) >= 11 is 1.63. The van der Waals surface area contributed by atoms with Gasteiger partial charge in [0.15, 0.2) is 9.84 Å². The molecule has 0 bridgehead atoms. The van der Waals surface area contributed by atoms with Crippen LogP contribution in [0.4, 0.5) is 0 Å². The highest BCUT2D eigenvalue weighted by Gasteiger charge is 2.28. The minimum absolute atomic E-state index is 0.174. The Balaban J connectivity index is 2.02. The second kappa shape index (κ2) is 5.93. The first-order valence-corrected chi connectivity index (χ1v) is 8.84. The van der Waals surface area contributed by atoms with Crippen molar-refractivity contribution in [3.63, 3.8) is 0 Å². The van der Waals surface area contributed by atoms with Crippen molar-refractivity contribution < 1.29 is 8.42 Å². The van der Waals surface area contributed by atoms with Crippen LogP contribution in [0.5, 0.6) is 0 Å². The molecule has 1 saturated heterocycles. The van der Waals surface area contributed by atoms with Gasteiger partial charge in [-0.1, -0.05) is 30.4 Å². The maximum Gasteiger partial charge on any atom is 0.157 e. The molecule has 1 aliphatic rings. The standard InChI is InChI=1S/C14H18O2S2/c1-12-6-5-9-14(18(15,16)11-12)10-17-13-7-3-2-4-8-13/h2-4,7-8,14H,1,5-6,9-11H2. The number of benzene rings is 1. The molecule has 0 amide bonds. The molecule has 1 atom stereocenters. The molecule has 18 heavy (non-hydrogen) atoms. The van der Waals surface area contributed by atoms with E-state index in [1.165, 1.54) is 0 Å². The van der Waals surface area contributed by atoms with Gasteiger partial charge in [-0.3, -0.25) is 0 Å². The van der Waals surface area contributed by atoms with Gasteiger partial charge in [0.1, 0.15) is 0 Å². The molecule has 2 nitrogen and oxygen atoms in total. The van der Waals surface area contributed by atoms with Gasteiger partial charge in [-0.15, -0.1) is 11.8 Å². The number of thioether (sulfide) groups is 1. The minimum atomic E-state index is -3.00. The average molecular weight is 282 g/mol. The zero-order chi connectivity index (χ0) is 13.0. The van der Waals surface area contributed by atoms with Crippen molar-refractivity contribution in [1.29, 1.82) is 0 Å². The first-order valence-electron chi connectivity index (χ1n) is 6.14. The SMILES string of the molecule is C=C1CCCC(CSc2ccccc2)S(=O)(=O)C1. The van der Waals surface area contributed by atoms with Crippen LogP contribution >= 0.6 is 11.8 Å². The molecule has 1 aromatic rings. The zero-order valence-corrected chi connectivity index (χ0v) is 12.0. The second-order valence-corrected chi connectivity index (χ2v) is 8.07. The Morgan fingerprint density at radius 2 is 2.00 bits per heavy atom. The molecule has 1 aliphatic heterocycles. The largest absolute Gasteiger partial charge is 0.228 e. The average Bonchev–Trinajstić information content (AvgIpc) is 2.45. The van der Waals surface area contributed by atoms with Crippen LogP contribution in [-0.2, 0) is 9.84 Å². The smallest absolute Gasteiger partial charge is 0.157 e. The van der Waals surface area contributed by atoms with Crippen molar-refractivity contribution in [2.45, 2.75) is 29.4 Å². The third-order valence-electron chi connectivity index (χ3n) is 3.15. The molecule has 0 aromatic heterocycles. The van der Waals surface area contributed by atoms with Gasteiger partial charge in [0, 0.05) is 10.6 Å². The van der Waals surface area contributed by atoms with E-state index in [1.807, 2.05) is 30.3 Å². The van der Waals surface area contributed by atoms with Crippen LogP contribution in [0.15, 0.2) is 47.4 Å². The van der Waals surface area contributed by atoms with Crippen LogP contribution < -0.4 is 0 Å². The van der Waals surface area contributed by atoms with Crippen LogP contribution in [0.25, 0.3) is 0 Å². The van der Waals surface area contributed by atoms with Gasteiger partial charge in [-0.25, -0.2) is 8.42 Å². The minimum Gasteiger partial charge on any atom is -0.228 e. The lowest BCUT2D eigenvalue weighted by Crippen LogP contribution is -2.25. The first kappa shape index (κ1) is 13.7. The van der Waals surface area contributed by atoms with E-state index in [0.717, 1.165) is 29.7 Å². The molecular weight excluding hydrogens is 264 g/mol. The summed E-state index contributed by atoms with van der Waals surface area (Å²) in [6, 6.07) is 9.97. The molecule has 4 heteroatoms. The van der Waals surface area contributed by atoms with Crippen molar-refractivity contribution in [3.8, 4) is 0 Å². The van der Waals surface area contributed by atoms with E-state index in [-0.39, 0.29) is 11.0 Å². The number of sulfone groups is 1. The molecule has 0 spiro atoms. The third-order valence-corrected chi connectivity index (χ3v) is 6.76.